The number of sulfonamides is 1. The van der Waals surface area contributed by atoms with Crippen molar-refractivity contribution in [1.29, 1.82) is 0 Å². The van der Waals surface area contributed by atoms with Gasteiger partial charge in [-0.05, 0) is 27.4 Å². The molecule has 0 spiro atoms. The number of β-amino-alcohol motifs (C(OH)–C–C–N with tert-alkyl or cyclic N) is 1. The van der Waals surface area contributed by atoms with Crippen molar-refractivity contribution >= 4 is 10.0 Å². The standard InChI is InChI=1S/C10H23N3O3S/c1-8(5-11)17(15,16)13-7-10(14)4-9(13)6-12(2)3/h8-10,14H,4-7,11H2,1-3H3. The minimum Gasteiger partial charge on any atom is -0.392 e. The second-order valence-corrected chi connectivity index (χ2v) is 7.27. The Kier molecular flexibility index (Phi) is 4.91. The molecule has 1 aliphatic rings. The average Bonchev–Trinajstić information content (AvgIpc) is 2.57. The number of likely N-dealkylation sites (N-methyl/N-ethyl adjacent to an activating group) is 1. The maximum Gasteiger partial charge on any atom is 0.218 e. The summed E-state index contributed by atoms with van der Waals surface area (Å²) in [7, 11) is 0.387. The van der Waals surface area contributed by atoms with Crippen LogP contribution in [-0.4, -0.2) is 73.9 Å². The Hall–Kier alpha value is -0.210. The van der Waals surface area contributed by atoms with Gasteiger partial charge in [0.25, 0.3) is 0 Å². The first-order valence-corrected chi connectivity index (χ1v) is 7.32. The van der Waals surface area contributed by atoms with E-state index in [0.29, 0.717) is 13.0 Å². The van der Waals surface area contributed by atoms with Crippen LogP contribution in [0.3, 0.4) is 0 Å². The molecule has 0 radical (unpaired) electrons. The first kappa shape index (κ1) is 14.8. The summed E-state index contributed by atoms with van der Waals surface area (Å²) in [4.78, 5) is 1.93. The molecule has 0 aliphatic carbocycles. The predicted molar refractivity (Wildman–Crippen MR) is 67.1 cm³/mol. The van der Waals surface area contributed by atoms with Crippen LogP contribution in [-0.2, 0) is 10.0 Å². The molecule has 0 aromatic carbocycles. The molecule has 1 saturated heterocycles. The fourth-order valence-corrected chi connectivity index (χ4v) is 3.77. The van der Waals surface area contributed by atoms with Crippen LogP contribution in [0, 0.1) is 0 Å². The van der Waals surface area contributed by atoms with E-state index in [2.05, 4.69) is 0 Å². The lowest BCUT2D eigenvalue weighted by molar-refractivity contribution is 0.188. The highest BCUT2D eigenvalue weighted by molar-refractivity contribution is 7.89. The zero-order valence-corrected chi connectivity index (χ0v) is 11.5. The van der Waals surface area contributed by atoms with Crippen molar-refractivity contribution in [2.45, 2.75) is 30.7 Å². The summed E-state index contributed by atoms with van der Waals surface area (Å²) in [5, 5.41) is 9.05. The quantitative estimate of drug-likeness (QED) is 0.642. The van der Waals surface area contributed by atoms with Crippen molar-refractivity contribution < 1.29 is 13.5 Å². The third kappa shape index (κ3) is 3.38. The molecule has 0 saturated carbocycles. The number of rotatable bonds is 5. The molecule has 0 aromatic heterocycles. The van der Waals surface area contributed by atoms with E-state index in [0.717, 1.165) is 0 Å². The zero-order valence-electron chi connectivity index (χ0n) is 10.7. The van der Waals surface area contributed by atoms with E-state index in [-0.39, 0.29) is 19.1 Å². The fourth-order valence-electron chi connectivity index (χ4n) is 2.11. The molecule has 102 valence electrons. The van der Waals surface area contributed by atoms with Gasteiger partial charge in [0, 0.05) is 25.7 Å². The van der Waals surface area contributed by atoms with E-state index in [1.165, 1.54) is 4.31 Å². The highest BCUT2D eigenvalue weighted by Gasteiger charge is 2.40. The van der Waals surface area contributed by atoms with Crippen LogP contribution in [0.15, 0.2) is 0 Å². The minimum atomic E-state index is -3.39. The molecule has 0 aromatic rings. The van der Waals surface area contributed by atoms with E-state index >= 15 is 0 Å². The summed E-state index contributed by atoms with van der Waals surface area (Å²) < 4.78 is 25.8. The van der Waals surface area contributed by atoms with Crippen molar-refractivity contribution in [1.82, 2.24) is 9.21 Å². The van der Waals surface area contributed by atoms with Gasteiger partial charge in [-0.15, -0.1) is 0 Å². The van der Waals surface area contributed by atoms with Gasteiger partial charge in [0.15, 0.2) is 0 Å². The molecule has 0 bridgehead atoms. The number of nitrogens with two attached hydrogens (primary N) is 1. The topological polar surface area (TPSA) is 86.9 Å². The van der Waals surface area contributed by atoms with Gasteiger partial charge in [0.2, 0.25) is 10.0 Å². The van der Waals surface area contributed by atoms with E-state index in [9.17, 15) is 13.5 Å². The number of nitrogens with zero attached hydrogens (tertiary/aromatic N) is 2. The van der Waals surface area contributed by atoms with Crippen LogP contribution >= 0.6 is 0 Å². The van der Waals surface area contributed by atoms with Crippen LogP contribution in [0.5, 0.6) is 0 Å². The Morgan fingerprint density at radius 1 is 1.53 bits per heavy atom. The Bertz CT molecular complexity index is 345. The highest BCUT2D eigenvalue weighted by atomic mass is 32.2. The second kappa shape index (κ2) is 5.62. The maximum absolute atomic E-state index is 12.2. The second-order valence-electron chi connectivity index (χ2n) is 4.97. The number of hydrogen-bond acceptors (Lipinski definition) is 5. The normalized spacial score (nSPS) is 28.8. The molecule has 0 amide bonds. The van der Waals surface area contributed by atoms with Crippen LogP contribution in [0.1, 0.15) is 13.3 Å². The average molecular weight is 265 g/mol. The summed E-state index contributed by atoms with van der Waals surface area (Å²) in [6.45, 7) is 2.51. The van der Waals surface area contributed by atoms with E-state index in [1.807, 2.05) is 19.0 Å². The van der Waals surface area contributed by atoms with Crippen molar-refractivity contribution in [3.63, 3.8) is 0 Å². The Balaban J connectivity index is 2.87. The monoisotopic (exact) mass is 265 g/mol. The Morgan fingerprint density at radius 2 is 2.12 bits per heavy atom. The lowest BCUT2D eigenvalue weighted by Crippen LogP contribution is -2.46. The molecule has 3 N–H and O–H groups in total. The van der Waals surface area contributed by atoms with Crippen molar-refractivity contribution in [2.24, 2.45) is 5.73 Å². The maximum atomic E-state index is 12.2. The van der Waals surface area contributed by atoms with Crippen LogP contribution in [0.2, 0.25) is 0 Å². The largest absolute Gasteiger partial charge is 0.392 e. The number of aliphatic hydroxyl groups excluding tert-OH is 1. The molecule has 3 unspecified atom stereocenters. The highest BCUT2D eigenvalue weighted by Crippen LogP contribution is 2.24. The molecule has 1 fully saturated rings. The molecule has 7 heteroatoms. The van der Waals surface area contributed by atoms with Crippen LogP contribution in [0.25, 0.3) is 0 Å². The summed E-state index contributed by atoms with van der Waals surface area (Å²) in [6.07, 6.45) is -0.0750. The van der Waals surface area contributed by atoms with Gasteiger partial charge in [-0.1, -0.05) is 0 Å². The molecule has 3 atom stereocenters. The molecule has 1 heterocycles. The number of aliphatic hydroxyl groups is 1. The van der Waals surface area contributed by atoms with Gasteiger partial charge in [0.1, 0.15) is 0 Å². The third-order valence-corrected chi connectivity index (χ3v) is 5.40. The predicted octanol–water partition coefficient (Wildman–Crippen LogP) is -1.34. The summed E-state index contributed by atoms with van der Waals surface area (Å²) in [5.74, 6) is 0. The minimum absolute atomic E-state index is 0.101. The molecular formula is C10H23N3O3S. The lowest BCUT2D eigenvalue weighted by Gasteiger charge is -2.28. The number of hydrogen-bond donors (Lipinski definition) is 2. The molecule has 17 heavy (non-hydrogen) atoms. The molecular weight excluding hydrogens is 242 g/mol. The summed E-state index contributed by atoms with van der Waals surface area (Å²) in [5.41, 5.74) is 5.43. The first-order chi connectivity index (χ1) is 7.78. The van der Waals surface area contributed by atoms with Crippen LogP contribution < -0.4 is 5.73 Å². The Morgan fingerprint density at radius 3 is 2.59 bits per heavy atom. The van der Waals surface area contributed by atoms with Crippen LogP contribution in [0.4, 0.5) is 0 Å². The fraction of sp³-hybridized carbons (Fsp3) is 1.00. The molecule has 1 aliphatic heterocycles. The zero-order chi connectivity index (χ0) is 13.2. The first-order valence-electron chi connectivity index (χ1n) is 5.82. The molecule has 6 nitrogen and oxygen atoms in total. The third-order valence-electron chi connectivity index (χ3n) is 3.09. The Labute approximate surface area is 103 Å². The summed E-state index contributed by atoms with van der Waals surface area (Å²) in [6, 6.07) is -0.154. The van der Waals surface area contributed by atoms with Gasteiger partial charge >= 0.3 is 0 Å². The van der Waals surface area contributed by atoms with E-state index in [1.54, 1.807) is 6.92 Å². The van der Waals surface area contributed by atoms with Gasteiger partial charge in [-0.2, -0.15) is 4.31 Å². The smallest absolute Gasteiger partial charge is 0.218 e. The van der Waals surface area contributed by atoms with Crippen molar-refractivity contribution in [3.8, 4) is 0 Å². The van der Waals surface area contributed by atoms with E-state index < -0.39 is 21.4 Å². The van der Waals surface area contributed by atoms with Gasteiger partial charge in [-0.3, -0.25) is 0 Å². The van der Waals surface area contributed by atoms with Crippen molar-refractivity contribution in [2.75, 3.05) is 33.7 Å². The molecule has 1 rings (SSSR count). The van der Waals surface area contributed by atoms with Gasteiger partial charge in [-0.25, -0.2) is 8.42 Å². The SMILES string of the molecule is CC(CN)S(=O)(=O)N1CC(O)CC1CN(C)C. The summed E-state index contributed by atoms with van der Waals surface area (Å²) >= 11 is 0. The van der Waals surface area contributed by atoms with E-state index in [4.69, 9.17) is 5.73 Å². The van der Waals surface area contributed by atoms with Gasteiger partial charge in [0.05, 0.1) is 11.4 Å². The van der Waals surface area contributed by atoms with Crippen molar-refractivity contribution in [3.05, 3.63) is 0 Å². The lowest BCUT2D eigenvalue weighted by atomic mass is 10.2. The van der Waals surface area contributed by atoms with Gasteiger partial charge < -0.3 is 15.7 Å².